The number of esters is 1. The molecule has 0 saturated heterocycles. The first-order chi connectivity index (χ1) is 37.0. The molecule has 0 aromatic carbocycles. The van der Waals surface area contributed by atoms with Crippen molar-refractivity contribution in [2.24, 2.45) is 0 Å². The molecule has 0 radical (unpaired) electrons. The molecule has 0 aliphatic carbocycles. The Morgan fingerprint density at radius 2 is 0.547 bits per heavy atom. The number of rotatable bonds is 66. The molecule has 0 heterocycles. The molecule has 0 aliphatic heterocycles. The third kappa shape index (κ3) is 61.9. The monoisotopic (exact) mass is 1060 g/mol. The number of carbonyl (C=O) groups is 2. The van der Waals surface area contributed by atoms with E-state index in [2.05, 4.69) is 19.2 Å². The van der Waals surface area contributed by atoms with Gasteiger partial charge in [0.05, 0.1) is 25.4 Å². The Kier molecular flexibility index (Phi) is 64.4. The molecule has 0 fully saturated rings. The number of ether oxygens (including phenoxy) is 1. The fourth-order valence-corrected chi connectivity index (χ4v) is 11.4. The average Bonchev–Trinajstić information content (AvgIpc) is 3.41. The van der Waals surface area contributed by atoms with Gasteiger partial charge in [-0.15, -0.1) is 0 Å². The van der Waals surface area contributed by atoms with Crippen LogP contribution in [0.4, 0.5) is 0 Å². The molecule has 1 amide bonds. The number of nitrogens with one attached hydrogen (secondary N) is 1. The number of hydrogen-bond acceptors (Lipinski definition) is 5. The normalized spacial score (nSPS) is 12.4. The van der Waals surface area contributed by atoms with Gasteiger partial charge in [-0.05, 0) is 25.7 Å². The van der Waals surface area contributed by atoms with E-state index in [0.29, 0.717) is 25.9 Å². The molecule has 0 aromatic rings. The van der Waals surface area contributed by atoms with E-state index in [1.54, 1.807) is 0 Å². The van der Waals surface area contributed by atoms with Gasteiger partial charge in [0.1, 0.15) is 0 Å². The van der Waals surface area contributed by atoms with Gasteiger partial charge in [-0.25, -0.2) is 0 Å². The largest absolute Gasteiger partial charge is 0.466 e. The first kappa shape index (κ1) is 73.9. The first-order valence-electron chi connectivity index (χ1n) is 34.8. The molecule has 2 atom stereocenters. The van der Waals surface area contributed by atoms with Crippen molar-refractivity contribution in [3.05, 3.63) is 0 Å². The van der Waals surface area contributed by atoms with Gasteiger partial charge >= 0.3 is 5.97 Å². The molecule has 0 aliphatic rings. The Bertz CT molecular complexity index is 1080. The van der Waals surface area contributed by atoms with Gasteiger partial charge in [0.25, 0.3) is 0 Å². The quantitative estimate of drug-likeness (QED) is 0.0417. The maximum absolute atomic E-state index is 12.5. The Labute approximate surface area is 470 Å². The summed E-state index contributed by atoms with van der Waals surface area (Å²) >= 11 is 0. The third-order valence-corrected chi connectivity index (χ3v) is 16.7. The fourth-order valence-electron chi connectivity index (χ4n) is 11.4. The number of amides is 1. The standard InChI is InChI=1S/C69H137NO5/c1-3-5-7-9-11-13-15-17-18-31-34-38-41-45-49-53-57-61-67(72)66(65-71)70-68(73)62-58-54-50-46-42-39-35-32-29-27-25-23-21-19-20-22-24-26-28-30-33-36-40-44-48-52-56-60-64-75-69(74)63-59-55-51-47-43-37-16-14-12-10-8-6-4-2/h66-67,71-72H,3-65H2,1-2H3,(H,70,73). The van der Waals surface area contributed by atoms with Crippen LogP contribution < -0.4 is 5.32 Å². The van der Waals surface area contributed by atoms with Gasteiger partial charge in [0.15, 0.2) is 0 Å². The van der Waals surface area contributed by atoms with Crippen LogP contribution in [0, 0.1) is 0 Å². The highest BCUT2D eigenvalue weighted by atomic mass is 16.5. The maximum atomic E-state index is 12.5. The van der Waals surface area contributed by atoms with Crippen molar-refractivity contribution >= 4 is 11.9 Å². The van der Waals surface area contributed by atoms with E-state index in [9.17, 15) is 19.8 Å². The third-order valence-electron chi connectivity index (χ3n) is 16.7. The number of unbranched alkanes of at least 4 members (excludes halogenated alkanes) is 55. The molecule has 6 nitrogen and oxygen atoms in total. The van der Waals surface area contributed by atoms with Crippen LogP contribution in [0.15, 0.2) is 0 Å². The van der Waals surface area contributed by atoms with E-state index in [1.807, 2.05) is 0 Å². The first-order valence-corrected chi connectivity index (χ1v) is 34.8. The predicted molar refractivity (Wildman–Crippen MR) is 329 cm³/mol. The smallest absolute Gasteiger partial charge is 0.305 e. The van der Waals surface area contributed by atoms with Gasteiger partial charge in [-0.2, -0.15) is 0 Å². The van der Waals surface area contributed by atoms with Crippen LogP contribution in [0.1, 0.15) is 406 Å². The summed E-state index contributed by atoms with van der Waals surface area (Å²) in [5, 5.41) is 23.4. The lowest BCUT2D eigenvalue weighted by atomic mass is 10.0. The van der Waals surface area contributed by atoms with Gasteiger partial charge in [0, 0.05) is 12.8 Å². The molecular weight excluding hydrogens is 923 g/mol. The van der Waals surface area contributed by atoms with E-state index < -0.39 is 12.1 Å². The summed E-state index contributed by atoms with van der Waals surface area (Å²) in [6.45, 7) is 5.00. The molecule has 0 saturated carbocycles. The van der Waals surface area contributed by atoms with Crippen LogP contribution >= 0.6 is 0 Å². The number of carbonyl (C=O) groups excluding carboxylic acids is 2. The summed E-state index contributed by atoms with van der Waals surface area (Å²) in [5.41, 5.74) is 0. The van der Waals surface area contributed by atoms with Crippen molar-refractivity contribution in [1.29, 1.82) is 0 Å². The molecule has 2 unspecified atom stereocenters. The molecule has 448 valence electrons. The van der Waals surface area contributed by atoms with Crippen molar-refractivity contribution in [3.8, 4) is 0 Å². The number of hydrogen-bond donors (Lipinski definition) is 3. The summed E-state index contributed by atoms with van der Waals surface area (Å²) in [6, 6.07) is -0.538. The number of aliphatic hydroxyl groups excluding tert-OH is 2. The number of aliphatic hydroxyl groups is 2. The summed E-state index contributed by atoms with van der Waals surface area (Å²) in [4.78, 5) is 24.6. The van der Waals surface area contributed by atoms with E-state index in [-0.39, 0.29) is 18.5 Å². The molecule has 0 rings (SSSR count). The highest BCUT2D eigenvalue weighted by Gasteiger charge is 2.20. The minimum absolute atomic E-state index is 0.0215. The van der Waals surface area contributed by atoms with Crippen molar-refractivity contribution < 1.29 is 24.5 Å². The molecular formula is C69H137NO5. The summed E-state index contributed by atoms with van der Waals surface area (Å²) < 4.78 is 5.49. The van der Waals surface area contributed by atoms with Crippen LogP contribution in [0.5, 0.6) is 0 Å². The van der Waals surface area contributed by atoms with Crippen molar-refractivity contribution in [1.82, 2.24) is 5.32 Å². The van der Waals surface area contributed by atoms with Crippen LogP contribution in [-0.4, -0.2) is 47.4 Å². The fraction of sp³-hybridized carbons (Fsp3) is 0.971. The molecule has 0 aromatic heterocycles. The Morgan fingerprint density at radius 3 is 0.813 bits per heavy atom. The zero-order chi connectivity index (χ0) is 54.3. The second-order valence-electron chi connectivity index (χ2n) is 24.2. The Balaban J connectivity index is 3.33. The van der Waals surface area contributed by atoms with Crippen LogP contribution in [0.25, 0.3) is 0 Å². The second kappa shape index (κ2) is 65.4. The topological polar surface area (TPSA) is 95.9 Å². The minimum Gasteiger partial charge on any atom is -0.466 e. The van der Waals surface area contributed by atoms with Crippen LogP contribution in [0.3, 0.4) is 0 Å². The van der Waals surface area contributed by atoms with Crippen LogP contribution in [0.2, 0.25) is 0 Å². The lowest BCUT2D eigenvalue weighted by Gasteiger charge is -2.22. The SMILES string of the molecule is CCCCCCCCCCCCCCCCCCCC(O)C(CO)NC(=O)CCCCCCCCCCCCCCCCCCCCCCCCCCCCCCOC(=O)CCCCCCCCCCCCCCC. The summed E-state index contributed by atoms with van der Waals surface area (Å²) in [6.07, 6.45) is 78.6. The highest BCUT2D eigenvalue weighted by Crippen LogP contribution is 2.19. The van der Waals surface area contributed by atoms with Crippen molar-refractivity contribution in [2.45, 2.75) is 418 Å². The van der Waals surface area contributed by atoms with E-state index in [0.717, 1.165) is 38.5 Å². The second-order valence-corrected chi connectivity index (χ2v) is 24.2. The minimum atomic E-state index is -0.661. The zero-order valence-corrected chi connectivity index (χ0v) is 51.3. The van der Waals surface area contributed by atoms with Crippen molar-refractivity contribution in [2.75, 3.05) is 13.2 Å². The van der Waals surface area contributed by atoms with Gasteiger partial charge in [0.2, 0.25) is 5.91 Å². The molecule has 0 bridgehead atoms. The maximum Gasteiger partial charge on any atom is 0.305 e. The molecule has 3 N–H and O–H groups in total. The Morgan fingerprint density at radius 1 is 0.320 bits per heavy atom. The van der Waals surface area contributed by atoms with Gasteiger partial charge < -0.3 is 20.3 Å². The van der Waals surface area contributed by atoms with E-state index in [4.69, 9.17) is 4.74 Å². The molecule has 0 spiro atoms. The lowest BCUT2D eigenvalue weighted by Crippen LogP contribution is -2.45. The van der Waals surface area contributed by atoms with Gasteiger partial charge in [-0.3, -0.25) is 9.59 Å². The summed E-state index contributed by atoms with van der Waals surface area (Å²) in [7, 11) is 0. The predicted octanol–water partition coefficient (Wildman–Crippen LogP) is 22.2. The van der Waals surface area contributed by atoms with Crippen LogP contribution in [-0.2, 0) is 14.3 Å². The van der Waals surface area contributed by atoms with Crippen molar-refractivity contribution in [3.63, 3.8) is 0 Å². The van der Waals surface area contributed by atoms with E-state index >= 15 is 0 Å². The lowest BCUT2D eigenvalue weighted by molar-refractivity contribution is -0.143. The highest BCUT2D eigenvalue weighted by molar-refractivity contribution is 5.76. The van der Waals surface area contributed by atoms with E-state index in [1.165, 1.54) is 334 Å². The molecule has 75 heavy (non-hydrogen) atoms. The van der Waals surface area contributed by atoms with Gasteiger partial charge in [-0.1, -0.05) is 367 Å². The average molecular weight is 1060 g/mol. The summed E-state index contributed by atoms with van der Waals surface area (Å²) in [5.74, 6) is -0.00589. The zero-order valence-electron chi connectivity index (χ0n) is 51.3. The molecule has 6 heteroatoms. The Hall–Kier alpha value is -1.14.